The molecule has 0 aliphatic heterocycles. The molecule has 0 unspecified atom stereocenters. The van der Waals surface area contributed by atoms with Crippen LogP contribution in [-0.4, -0.2) is 25.4 Å². The van der Waals surface area contributed by atoms with E-state index in [0.717, 1.165) is 16.7 Å². The molecule has 3 aromatic heterocycles. The number of hydrogen-bond acceptors (Lipinski definition) is 4. The molecule has 32 heavy (non-hydrogen) atoms. The predicted molar refractivity (Wildman–Crippen MR) is 125 cm³/mol. The zero-order chi connectivity index (χ0) is 23.2. The van der Waals surface area contributed by atoms with Gasteiger partial charge in [0.15, 0.2) is 0 Å². The monoisotopic (exact) mass is 429 g/mol. The van der Waals surface area contributed by atoms with E-state index in [-0.39, 0.29) is 16.6 Å². The van der Waals surface area contributed by atoms with Crippen molar-refractivity contribution in [2.75, 3.05) is 0 Å². The number of rotatable bonds is 3. The van der Waals surface area contributed by atoms with Crippen LogP contribution in [-0.2, 0) is 6.54 Å². The van der Waals surface area contributed by atoms with Crippen molar-refractivity contribution in [3.63, 3.8) is 0 Å². The Balaban J connectivity index is 2.05. The second-order valence-electron chi connectivity index (χ2n) is 9.22. The molecule has 1 aromatic carbocycles. The highest BCUT2D eigenvalue weighted by atomic mass is 16.2. The van der Waals surface area contributed by atoms with Crippen molar-refractivity contribution in [3.05, 3.63) is 86.8 Å². The van der Waals surface area contributed by atoms with Crippen molar-refractivity contribution < 1.29 is 4.79 Å². The Morgan fingerprint density at radius 3 is 2.44 bits per heavy atom. The fourth-order valence-corrected chi connectivity index (χ4v) is 3.71. The van der Waals surface area contributed by atoms with Crippen molar-refractivity contribution >= 4 is 22.6 Å². The molecule has 0 saturated heterocycles. The first-order valence-corrected chi connectivity index (χ1v) is 10.5. The number of carbonyl (C=O) groups excluding carboxylic acids is 1. The van der Waals surface area contributed by atoms with Crippen LogP contribution in [0, 0.1) is 19.3 Å². The van der Waals surface area contributed by atoms with E-state index in [1.54, 1.807) is 16.8 Å². The molecule has 0 saturated carbocycles. The molecule has 0 atom stereocenters. The summed E-state index contributed by atoms with van der Waals surface area (Å²) in [7, 11) is 0. The van der Waals surface area contributed by atoms with Crippen LogP contribution in [0.2, 0.25) is 0 Å². The highest BCUT2D eigenvalue weighted by Crippen LogP contribution is 2.15. The van der Waals surface area contributed by atoms with Gasteiger partial charge in [-0.25, -0.2) is 4.98 Å². The summed E-state index contributed by atoms with van der Waals surface area (Å²) in [5, 5.41) is 12.0. The first-order valence-electron chi connectivity index (χ1n) is 10.5. The van der Waals surface area contributed by atoms with Gasteiger partial charge in [-0.2, -0.15) is 0 Å². The van der Waals surface area contributed by atoms with E-state index in [0.29, 0.717) is 23.2 Å². The third-order valence-electron chi connectivity index (χ3n) is 5.33. The van der Waals surface area contributed by atoms with Crippen LogP contribution < -0.4 is 16.4 Å². The fourth-order valence-electron chi connectivity index (χ4n) is 3.71. The lowest BCUT2D eigenvalue weighted by atomic mass is 10.1. The van der Waals surface area contributed by atoms with Crippen LogP contribution in [0.25, 0.3) is 16.7 Å². The van der Waals surface area contributed by atoms with Gasteiger partial charge in [0.1, 0.15) is 16.8 Å². The van der Waals surface area contributed by atoms with Crippen molar-refractivity contribution in [3.8, 4) is 0 Å². The summed E-state index contributed by atoms with van der Waals surface area (Å²) in [6.07, 6.45) is 1.67. The van der Waals surface area contributed by atoms with E-state index in [1.165, 1.54) is 10.5 Å². The minimum Gasteiger partial charge on any atom is -0.347 e. The maximum Gasteiger partial charge on any atom is 0.267 e. The number of amides is 1. The summed E-state index contributed by atoms with van der Waals surface area (Å²) in [6, 6.07) is 13.1. The molecule has 0 aliphatic carbocycles. The van der Waals surface area contributed by atoms with Gasteiger partial charge in [-0.1, -0.05) is 35.9 Å². The van der Waals surface area contributed by atoms with E-state index in [4.69, 9.17) is 10.4 Å². The van der Waals surface area contributed by atoms with Crippen LogP contribution in [0.15, 0.2) is 53.5 Å². The van der Waals surface area contributed by atoms with Gasteiger partial charge < -0.3 is 9.88 Å². The third kappa shape index (κ3) is 3.93. The zero-order valence-corrected chi connectivity index (χ0v) is 19.0. The lowest BCUT2D eigenvalue weighted by Gasteiger charge is -2.21. The van der Waals surface area contributed by atoms with E-state index < -0.39 is 11.4 Å². The molecule has 2 N–H and O–H groups in total. The normalized spacial score (nSPS) is 11.8. The largest absolute Gasteiger partial charge is 0.347 e. The average Bonchev–Trinajstić information content (AvgIpc) is 2.71. The summed E-state index contributed by atoms with van der Waals surface area (Å²) in [6.45, 7) is 9.86. The molecule has 0 radical (unpaired) electrons. The van der Waals surface area contributed by atoms with Crippen molar-refractivity contribution in [2.24, 2.45) is 0 Å². The summed E-state index contributed by atoms with van der Waals surface area (Å²) in [5.41, 5.74) is 3.28. The fraction of sp³-hybridized carbons (Fsp3) is 0.280. The number of pyridine rings is 2. The van der Waals surface area contributed by atoms with Gasteiger partial charge in [0.2, 0.25) is 0 Å². The maximum absolute atomic E-state index is 13.4. The Hall–Kier alpha value is -3.74. The van der Waals surface area contributed by atoms with Gasteiger partial charge in [-0.3, -0.25) is 19.4 Å². The highest BCUT2D eigenvalue weighted by Gasteiger charge is 2.21. The molecule has 0 bridgehead atoms. The quantitative estimate of drug-likeness (QED) is 0.489. The van der Waals surface area contributed by atoms with Crippen molar-refractivity contribution in [1.82, 2.24) is 19.3 Å². The minimum absolute atomic E-state index is 0.0182. The molecule has 1 amide bonds. The van der Waals surface area contributed by atoms with Crippen LogP contribution in [0.1, 0.15) is 47.8 Å². The maximum atomic E-state index is 13.4. The zero-order valence-electron chi connectivity index (χ0n) is 19.0. The molecular weight excluding hydrogens is 402 g/mol. The Bertz CT molecular complexity index is 1470. The second kappa shape index (κ2) is 7.75. The Kier molecular flexibility index (Phi) is 5.20. The smallest absolute Gasteiger partial charge is 0.267 e. The lowest BCUT2D eigenvalue weighted by Crippen LogP contribution is -2.43. The molecule has 7 nitrogen and oxygen atoms in total. The van der Waals surface area contributed by atoms with Gasteiger partial charge in [0.25, 0.3) is 11.5 Å². The van der Waals surface area contributed by atoms with Gasteiger partial charge >= 0.3 is 0 Å². The molecule has 0 fully saturated rings. The number of aryl methyl sites for hydroxylation is 2. The van der Waals surface area contributed by atoms with E-state index in [9.17, 15) is 9.59 Å². The molecule has 3 heterocycles. The summed E-state index contributed by atoms with van der Waals surface area (Å²) < 4.78 is 3.13. The second-order valence-corrected chi connectivity index (χ2v) is 9.22. The van der Waals surface area contributed by atoms with Gasteiger partial charge in [0, 0.05) is 11.7 Å². The number of aromatic nitrogens is 3. The molecule has 7 heteroatoms. The number of benzene rings is 1. The molecular formula is C25H27N5O2. The predicted octanol–water partition coefficient (Wildman–Crippen LogP) is 3.32. The van der Waals surface area contributed by atoms with Gasteiger partial charge in [-0.05, 0) is 57.9 Å². The van der Waals surface area contributed by atoms with E-state index >= 15 is 0 Å². The Morgan fingerprint density at radius 1 is 1.09 bits per heavy atom. The molecule has 0 spiro atoms. The third-order valence-corrected chi connectivity index (χ3v) is 5.33. The van der Waals surface area contributed by atoms with Crippen molar-refractivity contribution in [1.29, 1.82) is 5.41 Å². The van der Waals surface area contributed by atoms with Crippen LogP contribution in [0.4, 0.5) is 0 Å². The number of fused-ring (bicyclic) bond motifs is 2. The first-order chi connectivity index (χ1) is 15.0. The topological polar surface area (TPSA) is 92.2 Å². The SMILES string of the molecule is Cc1ccc(Cn2c(=N)c(C(=O)NC(C)(C)C)cc3c(=O)n4cccc(C)c4nc32)cc1. The number of hydrogen-bond donors (Lipinski definition) is 2. The van der Waals surface area contributed by atoms with Crippen LogP contribution in [0.3, 0.4) is 0 Å². The lowest BCUT2D eigenvalue weighted by molar-refractivity contribution is 0.0917. The number of carbonyl (C=O) groups is 1. The molecule has 164 valence electrons. The van der Waals surface area contributed by atoms with Gasteiger partial charge in [0.05, 0.1) is 17.5 Å². The van der Waals surface area contributed by atoms with Gasteiger partial charge in [-0.15, -0.1) is 0 Å². The summed E-state index contributed by atoms with van der Waals surface area (Å²) in [5.74, 6) is -0.393. The van der Waals surface area contributed by atoms with E-state index in [1.807, 2.05) is 65.0 Å². The Labute approximate surface area is 185 Å². The summed E-state index contributed by atoms with van der Waals surface area (Å²) >= 11 is 0. The molecule has 4 rings (SSSR count). The highest BCUT2D eigenvalue weighted by molar-refractivity contribution is 5.97. The average molecular weight is 430 g/mol. The number of nitrogens with zero attached hydrogens (tertiary/aromatic N) is 3. The standard InChI is InChI=1S/C25H27N5O2/c1-15-8-10-17(11-9-15)14-30-20(26)18(23(31)28-25(3,4)5)13-19-22(30)27-21-16(2)7-6-12-29(21)24(19)32/h6-13,26H,14H2,1-5H3,(H,28,31). The molecule has 4 aromatic rings. The van der Waals surface area contributed by atoms with Crippen molar-refractivity contribution in [2.45, 2.75) is 46.7 Å². The van der Waals surface area contributed by atoms with Crippen LogP contribution in [0.5, 0.6) is 0 Å². The summed E-state index contributed by atoms with van der Waals surface area (Å²) in [4.78, 5) is 31.2. The first kappa shape index (κ1) is 21.5. The minimum atomic E-state index is -0.478. The van der Waals surface area contributed by atoms with Crippen LogP contribution >= 0.6 is 0 Å². The van der Waals surface area contributed by atoms with E-state index in [2.05, 4.69) is 5.32 Å². The number of nitrogens with one attached hydrogen (secondary N) is 2. The molecule has 0 aliphatic rings. The Morgan fingerprint density at radius 2 is 1.78 bits per heavy atom.